The monoisotopic (exact) mass is 200 g/mol. The molecule has 0 radical (unpaired) electrons. The second kappa shape index (κ2) is 7.97. The van der Waals surface area contributed by atoms with Gasteiger partial charge in [0.05, 0.1) is 6.61 Å². The van der Waals surface area contributed by atoms with Crippen LogP contribution in [0.4, 0.5) is 0 Å². The molecule has 0 aromatic carbocycles. The molecule has 0 spiro atoms. The number of hydrogen-bond donors (Lipinski definition) is 2. The number of aliphatic hydroxyl groups is 1. The molecular formula is C11H24N2O. The highest BCUT2D eigenvalue weighted by Crippen LogP contribution is 1.98. The van der Waals surface area contributed by atoms with E-state index in [1.807, 2.05) is 6.08 Å². The quantitative estimate of drug-likeness (QED) is 0.570. The van der Waals surface area contributed by atoms with Crippen molar-refractivity contribution in [3.8, 4) is 0 Å². The molecule has 0 aliphatic carbocycles. The van der Waals surface area contributed by atoms with Crippen LogP contribution in [0.5, 0.6) is 0 Å². The van der Waals surface area contributed by atoms with Crippen LogP contribution in [0.25, 0.3) is 0 Å². The van der Waals surface area contributed by atoms with Crippen molar-refractivity contribution in [2.45, 2.75) is 32.9 Å². The molecular weight excluding hydrogens is 176 g/mol. The van der Waals surface area contributed by atoms with E-state index in [1.54, 1.807) is 0 Å². The number of nitrogens with one attached hydrogen (secondary N) is 1. The summed E-state index contributed by atoms with van der Waals surface area (Å²) in [6, 6.07) is 0.944. The van der Waals surface area contributed by atoms with Crippen molar-refractivity contribution < 1.29 is 5.11 Å². The molecule has 0 aromatic heterocycles. The lowest BCUT2D eigenvalue weighted by Crippen LogP contribution is -2.43. The van der Waals surface area contributed by atoms with E-state index in [2.05, 4.69) is 37.6 Å². The van der Waals surface area contributed by atoms with Crippen LogP contribution in [0.15, 0.2) is 12.7 Å². The molecule has 1 atom stereocenters. The lowest BCUT2D eigenvalue weighted by molar-refractivity contribution is 0.168. The third kappa shape index (κ3) is 6.13. The molecule has 0 saturated heterocycles. The van der Waals surface area contributed by atoms with Crippen LogP contribution in [0.2, 0.25) is 0 Å². The van der Waals surface area contributed by atoms with Crippen molar-refractivity contribution in [3.63, 3.8) is 0 Å². The van der Waals surface area contributed by atoms with Crippen molar-refractivity contribution >= 4 is 0 Å². The van der Waals surface area contributed by atoms with Crippen molar-refractivity contribution in [3.05, 3.63) is 12.7 Å². The first-order valence-electron chi connectivity index (χ1n) is 5.31. The minimum absolute atomic E-state index is 0.208. The second-order valence-electron chi connectivity index (χ2n) is 3.92. The lowest BCUT2D eigenvalue weighted by atomic mass is 10.2. The van der Waals surface area contributed by atoms with Crippen LogP contribution in [-0.2, 0) is 0 Å². The molecule has 14 heavy (non-hydrogen) atoms. The zero-order valence-corrected chi connectivity index (χ0v) is 9.66. The fourth-order valence-corrected chi connectivity index (χ4v) is 1.32. The maximum atomic E-state index is 8.89. The summed E-state index contributed by atoms with van der Waals surface area (Å²) >= 11 is 0. The van der Waals surface area contributed by atoms with Gasteiger partial charge in [0.2, 0.25) is 0 Å². The number of rotatable bonds is 8. The average Bonchev–Trinajstić information content (AvgIpc) is 2.14. The summed E-state index contributed by atoms with van der Waals surface area (Å²) in [6.07, 6.45) is 1.88. The Balaban J connectivity index is 3.86. The van der Waals surface area contributed by atoms with Crippen molar-refractivity contribution in [2.24, 2.45) is 0 Å². The molecule has 0 saturated carbocycles. The Labute approximate surface area is 87.8 Å². The highest BCUT2D eigenvalue weighted by molar-refractivity contribution is 4.78. The smallest absolute Gasteiger partial charge is 0.0558 e. The first-order valence-corrected chi connectivity index (χ1v) is 5.31. The summed E-state index contributed by atoms with van der Waals surface area (Å²) in [7, 11) is 0. The van der Waals surface area contributed by atoms with Gasteiger partial charge >= 0.3 is 0 Å². The largest absolute Gasteiger partial charge is 0.395 e. The van der Waals surface area contributed by atoms with Gasteiger partial charge in [-0.25, -0.2) is 0 Å². The lowest BCUT2D eigenvalue weighted by Gasteiger charge is -2.28. The van der Waals surface area contributed by atoms with Gasteiger partial charge in [0.25, 0.3) is 0 Å². The third-order valence-electron chi connectivity index (χ3n) is 2.20. The molecule has 0 amide bonds. The highest BCUT2D eigenvalue weighted by Gasteiger charge is 2.11. The fraction of sp³-hybridized carbons (Fsp3) is 0.818. The first kappa shape index (κ1) is 13.6. The summed E-state index contributed by atoms with van der Waals surface area (Å²) in [5.74, 6) is 0. The minimum Gasteiger partial charge on any atom is -0.395 e. The third-order valence-corrected chi connectivity index (χ3v) is 2.20. The molecule has 0 rings (SSSR count). The first-order chi connectivity index (χ1) is 6.61. The average molecular weight is 200 g/mol. The SMILES string of the molecule is C=CCN(CCO)C(C)CNC(C)C. The van der Waals surface area contributed by atoms with E-state index in [1.165, 1.54) is 0 Å². The molecule has 0 fully saturated rings. The predicted molar refractivity (Wildman–Crippen MR) is 61.5 cm³/mol. The summed E-state index contributed by atoms with van der Waals surface area (Å²) in [4.78, 5) is 2.21. The number of aliphatic hydroxyl groups excluding tert-OH is 1. The molecule has 3 nitrogen and oxygen atoms in total. The molecule has 0 heterocycles. The van der Waals surface area contributed by atoms with Crippen LogP contribution in [-0.4, -0.2) is 48.3 Å². The Kier molecular flexibility index (Phi) is 7.76. The van der Waals surface area contributed by atoms with E-state index < -0.39 is 0 Å². The highest BCUT2D eigenvalue weighted by atomic mass is 16.3. The maximum Gasteiger partial charge on any atom is 0.0558 e. The summed E-state index contributed by atoms with van der Waals surface area (Å²) < 4.78 is 0. The zero-order chi connectivity index (χ0) is 11.0. The molecule has 2 N–H and O–H groups in total. The van der Waals surface area contributed by atoms with Gasteiger partial charge in [-0.05, 0) is 6.92 Å². The van der Waals surface area contributed by atoms with Gasteiger partial charge in [-0.1, -0.05) is 19.9 Å². The zero-order valence-electron chi connectivity index (χ0n) is 9.66. The minimum atomic E-state index is 0.208. The molecule has 1 unspecified atom stereocenters. The number of hydrogen-bond acceptors (Lipinski definition) is 3. The van der Waals surface area contributed by atoms with E-state index in [0.717, 1.165) is 13.1 Å². The predicted octanol–water partition coefficient (Wildman–Crippen LogP) is 0.853. The molecule has 0 aliphatic rings. The van der Waals surface area contributed by atoms with E-state index in [9.17, 15) is 0 Å². The van der Waals surface area contributed by atoms with E-state index in [4.69, 9.17) is 5.11 Å². The number of nitrogens with zero attached hydrogens (tertiary/aromatic N) is 1. The van der Waals surface area contributed by atoms with Gasteiger partial charge in [-0.15, -0.1) is 6.58 Å². The molecule has 0 aromatic rings. The molecule has 0 aliphatic heterocycles. The summed E-state index contributed by atoms with van der Waals surface area (Å²) in [5, 5.41) is 12.3. The van der Waals surface area contributed by atoms with E-state index >= 15 is 0 Å². The van der Waals surface area contributed by atoms with Crippen LogP contribution in [0.3, 0.4) is 0 Å². The Morgan fingerprint density at radius 2 is 2.07 bits per heavy atom. The second-order valence-corrected chi connectivity index (χ2v) is 3.92. The van der Waals surface area contributed by atoms with Crippen molar-refractivity contribution in [1.82, 2.24) is 10.2 Å². The van der Waals surface area contributed by atoms with Crippen LogP contribution in [0.1, 0.15) is 20.8 Å². The fourth-order valence-electron chi connectivity index (χ4n) is 1.32. The van der Waals surface area contributed by atoms with Gasteiger partial charge in [-0.2, -0.15) is 0 Å². The van der Waals surface area contributed by atoms with Gasteiger partial charge in [0, 0.05) is 31.7 Å². The van der Waals surface area contributed by atoms with E-state index in [0.29, 0.717) is 18.6 Å². The van der Waals surface area contributed by atoms with Gasteiger partial charge in [-0.3, -0.25) is 4.90 Å². The Morgan fingerprint density at radius 3 is 2.50 bits per heavy atom. The van der Waals surface area contributed by atoms with Gasteiger partial charge < -0.3 is 10.4 Å². The molecule has 0 bridgehead atoms. The van der Waals surface area contributed by atoms with Crippen molar-refractivity contribution in [1.29, 1.82) is 0 Å². The Morgan fingerprint density at radius 1 is 1.43 bits per heavy atom. The summed E-state index contributed by atoms with van der Waals surface area (Å²) in [6.45, 7) is 12.9. The maximum absolute atomic E-state index is 8.89. The Hall–Kier alpha value is -0.380. The van der Waals surface area contributed by atoms with Crippen LogP contribution in [0, 0.1) is 0 Å². The van der Waals surface area contributed by atoms with Crippen LogP contribution >= 0.6 is 0 Å². The van der Waals surface area contributed by atoms with Gasteiger partial charge in [0.1, 0.15) is 0 Å². The standard InChI is InChI=1S/C11H24N2O/c1-5-6-13(7-8-14)11(4)9-12-10(2)3/h5,10-12,14H,1,6-9H2,2-4H3. The summed E-state index contributed by atoms with van der Waals surface area (Å²) in [5.41, 5.74) is 0. The van der Waals surface area contributed by atoms with E-state index in [-0.39, 0.29) is 6.61 Å². The Bertz CT molecular complexity index is 148. The molecule has 3 heteroatoms. The normalized spacial score (nSPS) is 13.6. The van der Waals surface area contributed by atoms with Crippen LogP contribution < -0.4 is 5.32 Å². The topological polar surface area (TPSA) is 35.5 Å². The molecule has 84 valence electrons. The van der Waals surface area contributed by atoms with Gasteiger partial charge in [0.15, 0.2) is 0 Å². The van der Waals surface area contributed by atoms with Crippen molar-refractivity contribution in [2.75, 3.05) is 26.2 Å².